The highest BCUT2D eigenvalue weighted by Gasteiger charge is 2.24. The fraction of sp³-hybridized carbons (Fsp3) is 0.938. The lowest BCUT2D eigenvalue weighted by Crippen LogP contribution is -2.50. The molecule has 2 atom stereocenters. The van der Waals surface area contributed by atoms with Crippen LogP contribution in [-0.4, -0.2) is 24.5 Å². The number of hydrogen-bond donors (Lipinski definition) is 2. The molecule has 1 saturated heterocycles. The molecule has 2 rings (SSSR count). The highest BCUT2D eigenvalue weighted by molar-refractivity contribution is 5.81. The molecule has 1 heterocycles. The molecule has 1 amide bonds. The van der Waals surface area contributed by atoms with Gasteiger partial charge >= 0.3 is 0 Å². The average molecular weight is 266 g/mol. The SMILES string of the molecule is CC1CCC(CCNC(=O)C2CCCC(C)N2)CC1. The third-order valence-electron chi connectivity index (χ3n) is 4.92. The van der Waals surface area contributed by atoms with E-state index in [-0.39, 0.29) is 11.9 Å². The molecule has 1 saturated carbocycles. The van der Waals surface area contributed by atoms with Gasteiger partial charge in [-0.2, -0.15) is 0 Å². The fourth-order valence-electron chi connectivity index (χ4n) is 3.49. The zero-order valence-corrected chi connectivity index (χ0v) is 12.6. The third kappa shape index (κ3) is 4.79. The van der Waals surface area contributed by atoms with Crippen LogP contribution in [0, 0.1) is 11.8 Å². The van der Waals surface area contributed by atoms with Crippen molar-refractivity contribution in [3.63, 3.8) is 0 Å². The number of rotatable bonds is 4. The second-order valence-electron chi connectivity index (χ2n) is 6.76. The minimum atomic E-state index is 0.0510. The van der Waals surface area contributed by atoms with Crippen LogP contribution >= 0.6 is 0 Å². The van der Waals surface area contributed by atoms with E-state index >= 15 is 0 Å². The van der Waals surface area contributed by atoms with Crippen molar-refractivity contribution in [2.24, 2.45) is 11.8 Å². The normalized spacial score (nSPS) is 35.9. The van der Waals surface area contributed by atoms with Gasteiger partial charge in [0.25, 0.3) is 0 Å². The first-order valence-corrected chi connectivity index (χ1v) is 8.19. The van der Waals surface area contributed by atoms with Crippen molar-refractivity contribution >= 4 is 5.91 Å². The predicted molar refractivity (Wildman–Crippen MR) is 79.0 cm³/mol. The van der Waals surface area contributed by atoms with Crippen molar-refractivity contribution in [3.8, 4) is 0 Å². The molecule has 0 aromatic heterocycles. The Labute approximate surface area is 117 Å². The topological polar surface area (TPSA) is 41.1 Å². The number of amides is 1. The van der Waals surface area contributed by atoms with Crippen LogP contribution < -0.4 is 10.6 Å². The Kier molecular flexibility index (Phi) is 5.68. The standard InChI is InChI=1S/C16H30N2O/c1-12-6-8-14(9-7-12)10-11-17-16(19)15-5-3-4-13(2)18-15/h12-15,18H,3-11H2,1-2H3,(H,17,19). The molecule has 19 heavy (non-hydrogen) atoms. The first kappa shape index (κ1) is 14.8. The lowest BCUT2D eigenvalue weighted by molar-refractivity contribution is -0.124. The zero-order valence-electron chi connectivity index (χ0n) is 12.6. The Hall–Kier alpha value is -0.570. The Balaban J connectivity index is 1.61. The lowest BCUT2D eigenvalue weighted by Gasteiger charge is -2.29. The summed E-state index contributed by atoms with van der Waals surface area (Å²) in [6.07, 6.45) is 10.0. The first-order valence-electron chi connectivity index (χ1n) is 8.19. The van der Waals surface area contributed by atoms with Crippen LogP contribution in [0.3, 0.4) is 0 Å². The Morgan fingerprint density at radius 3 is 2.53 bits per heavy atom. The first-order chi connectivity index (χ1) is 9.15. The molecule has 2 unspecified atom stereocenters. The summed E-state index contributed by atoms with van der Waals surface area (Å²) < 4.78 is 0. The summed E-state index contributed by atoms with van der Waals surface area (Å²) in [6.45, 7) is 5.39. The largest absolute Gasteiger partial charge is 0.355 e. The monoisotopic (exact) mass is 266 g/mol. The highest BCUT2D eigenvalue weighted by Crippen LogP contribution is 2.29. The molecule has 0 spiro atoms. The summed E-state index contributed by atoms with van der Waals surface area (Å²) in [5.41, 5.74) is 0. The van der Waals surface area contributed by atoms with Crippen molar-refractivity contribution in [1.82, 2.24) is 10.6 Å². The van der Waals surface area contributed by atoms with Gasteiger partial charge in [-0.05, 0) is 44.4 Å². The van der Waals surface area contributed by atoms with E-state index in [1.807, 2.05) is 0 Å². The van der Waals surface area contributed by atoms with Gasteiger partial charge in [-0.3, -0.25) is 4.79 Å². The molecule has 110 valence electrons. The van der Waals surface area contributed by atoms with Crippen molar-refractivity contribution in [3.05, 3.63) is 0 Å². The summed E-state index contributed by atoms with van der Waals surface area (Å²) in [7, 11) is 0. The van der Waals surface area contributed by atoms with Crippen LogP contribution in [-0.2, 0) is 4.79 Å². The number of nitrogens with one attached hydrogen (secondary N) is 2. The van der Waals surface area contributed by atoms with Crippen molar-refractivity contribution in [1.29, 1.82) is 0 Å². The summed E-state index contributed by atoms with van der Waals surface area (Å²) in [5, 5.41) is 6.53. The summed E-state index contributed by atoms with van der Waals surface area (Å²) in [4.78, 5) is 12.1. The quantitative estimate of drug-likeness (QED) is 0.821. The van der Waals surface area contributed by atoms with E-state index in [0.717, 1.165) is 24.8 Å². The van der Waals surface area contributed by atoms with Gasteiger partial charge in [0, 0.05) is 12.6 Å². The molecule has 1 aliphatic heterocycles. The maximum absolute atomic E-state index is 12.1. The molecule has 2 N–H and O–H groups in total. The summed E-state index contributed by atoms with van der Waals surface area (Å²) in [6, 6.07) is 0.541. The third-order valence-corrected chi connectivity index (χ3v) is 4.92. The molecule has 0 radical (unpaired) electrons. The zero-order chi connectivity index (χ0) is 13.7. The van der Waals surface area contributed by atoms with Gasteiger partial charge in [0.05, 0.1) is 6.04 Å². The van der Waals surface area contributed by atoms with Crippen LogP contribution in [0.25, 0.3) is 0 Å². The summed E-state index contributed by atoms with van der Waals surface area (Å²) in [5.74, 6) is 1.98. The predicted octanol–water partition coefficient (Wildman–Crippen LogP) is 2.85. The molecule has 2 aliphatic rings. The Bertz CT molecular complexity index is 284. The van der Waals surface area contributed by atoms with E-state index in [1.165, 1.54) is 44.9 Å². The number of carbonyl (C=O) groups excluding carboxylic acids is 1. The molecule has 0 aromatic carbocycles. The van der Waals surface area contributed by atoms with Crippen LogP contribution in [0.15, 0.2) is 0 Å². The molecule has 2 fully saturated rings. The van der Waals surface area contributed by atoms with Gasteiger partial charge in [-0.1, -0.05) is 32.6 Å². The molecule has 3 heteroatoms. The van der Waals surface area contributed by atoms with Gasteiger partial charge in [-0.25, -0.2) is 0 Å². The van der Waals surface area contributed by atoms with Crippen LogP contribution in [0.5, 0.6) is 0 Å². The summed E-state index contributed by atoms with van der Waals surface area (Å²) >= 11 is 0. The molecule has 0 aromatic rings. The van der Waals surface area contributed by atoms with Crippen molar-refractivity contribution in [2.75, 3.05) is 6.54 Å². The molecule has 0 bridgehead atoms. The van der Waals surface area contributed by atoms with Gasteiger partial charge in [0.15, 0.2) is 0 Å². The lowest BCUT2D eigenvalue weighted by atomic mass is 9.81. The molecule has 1 aliphatic carbocycles. The van der Waals surface area contributed by atoms with Crippen molar-refractivity contribution in [2.45, 2.75) is 77.3 Å². The smallest absolute Gasteiger partial charge is 0.237 e. The van der Waals surface area contributed by atoms with Crippen LogP contribution in [0.2, 0.25) is 0 Å². The van der Waals surface area contributed by atoms with E-state index in [1.54, 1.807) is 0 Å². The van der Waals surface area contributed by atoms with E-state index < -0.39 is 0 Å². The number of hydrogen-bond acceptors (Lipinski definition) is 2. The van der Waals surface area contributed by atoms with E-state index in [9.17, 15) is 4.79 Å². The van der Waals surface area contributed by atoms with E-state index in [0.29, 0.717) is 6.04 Å². The van der Waals surface area contributed by atoms with Crippen LogP contribution in [0.1, 0.15) is 65.2 Å². The second-order valence-corrected chi connectivity index (χ2v) is 6.76. The van der Waals surface area contributed by atoms with E-state index in [4.69, 9.17) is 0 Å². The Morgan fingerprint density at radius 1 is 1.11 bits per heavy atom. The van der Waals surface area contributed by atoms with Gasteiger partial charge in [0.1, 0.15) is 0 Å². The highest BCUT2D eigenvalue weighted by atomic mass is 16.2. The van der Waals surface area contributed by atoms with E-state index in [2.05, 4.69) is 24.5 Å². The fourth-order valence-corrected chi connectivity index (χ4v) is 3.49. The maximum atomic E-state index is 12.1. The molecule has 3 nitrogen and oxygen atoms in total. The van der Waals surface area contributed by atoms with Crippen LogP contribution in [0.4, 0.5) is 0 Å². The van der Waals surface area contributed by atoms with Crippen molar-refractivity contribution < 1.29 is 4.79 Å². The average Bonchev–Trinajstić information content (AvgIpc) is 2.41. The second kappa shape index (κ2) is 7.28. The minimum absolute atomic E-state index is 0.0510. The molecular weight excluding hydrogens is 236 g/mol. The molecular formula is C16H30N2O. The Morgan fingerprint density at radius 2 is 1.84 bits per heavy atom. The van der Waals surface area contributed by atoms with Gasteiger partial charge < -0.3 is 10.6 Å². The maximum Gasteiger partial charge on any atom is 0.237 e. The van der Waals surface area contributed by atoms with Gasteiger partial charge in [-0.15, -0.1) is 0 Å². The number of piperidine rings is 1. The number of carbonyl (C=O) groups is 1. The minimum Gasteiger partial charge on any atom is -0.355 e. The van der Waals surface area contributed by atoms with Gasteiger partial charge in [0.2, 0.25) is 5.91 Å².